The van der Waals surface area contributed by atoms with Gasteiger partial charge in [0.1, 0.15) is 22.3 Å². The number of fused-ring (bicyclic) bond motifs is 26. The first-order valence-electron chi connectivity index (χ1n) is 46.7. The molecule has 22 aromatic carbocycles. The van der Waals surface area contributed by atoms with E-state index >= 15 is 0 Å². The van der Waals surface area contributed by atoms with Gasteiger partial charge < -0.3 is 27.1 Å². The van der Waals surface area contributed by atoms with Crippen molar-refractivity contribution in [3.8, 4) is 102 Å². The van der Waals surface area contributed by atoms with Gasteiger partial charge in [0, 0.05) is 121 Å². The number of hydrogen-bond donors (Lipinski definition) is 0. The molecule has 0 unspecified atom stereocenters. The highest BCUT2D eigenvalue weighted by atomic mass is 16.3. The summed E-state index contributed by atoms with van der Waals surface area (Å²) in [5.74, 6) is 3.42. The summed E-state index contributed by atoms with van der Waals surface area (Å²) in [6, 6.07) is 157. The van der Waals surface area contributed by atoms with Crippen LogP contribution in [-0.2, 0) is 0 Å². The molecule has 0 amide bonds. The van der Waals surface area contributed by atoms with Gasteiger partial charge in [0.2, 0.25) is 0 Å². The van der Waals surface area contributed by atoms with Crippen molar-refractivity contribution in [1.82, 2.24) is 48.2 Å². The second-order valence-corrected chi connectivity index (χ2v) is 36.5. The van der Waals surface area contributed by atoms with Crippen molar-refractivity contribution in [3.05, 3.63) is 437 Å². The van der Waals surface area contributed by atoms with Crippen molar-refractivity contribution in [1.29, 1.82) is 0 Å². The van der Waals surface area contributed by atoms with Gasteiger partial charge in [-0.15, -0.1) is 0 Å². The number of nitrogens with zero attached hydrogens (tertiary/aromatic N) is 10. The molecule has 638 valence electrons. The molecule has 0 N–H and O–H groups in total. The number of rotatable bonds is 11. The smallest absolute Gasteiger partial charge is 0.164 e. The molecule has 30 rings (SSSR count). The maximum atomic E-state index is 6.84. The van der Waals surface area contributed by atoms with Crippen molar-refractivity contribution in [2.75, 3.05) is 0 Å². The Kier molecular flexibility index (Phi) is 16.1. The van der Waals surface area contributed by atoms with Gasteiger partial charge in [-0.05, 0) is 264 Å². The lowest BCUT2D eigenvalue weighted by Gasteiger charge is -2.12. The highest BCUT2D eigenvalue weighted by Crippen LogP contribution is 2.47. The number of furan rings is 2. The molecule has 0 atom stereocenters. The van der Waals surface area contributed by atoms with E-state index in [-0.39, 0.29) is 0 Å². The van der Waals surface area contributed by atoms with Crippen LogP contribution in [0.3, 0.4) is 0 Å². The van der Waals surface area contributed by atoms with E-state index in [1.54, 1.807) is 0 Å². The summed E-state index contributed by atoms with van der Waals surface area (Å²) in [7, 11) is 0. The van der Waals surface area contributed by atoms with Gasteiger partial charge in [-0.2, -0.15) is 0 Å². The Labute approximate surface area is 786 Å². The van der Waals surface area contributed by atoms with Gasteiger partial charge in [-0.3, -0.25) is 0 Å². The van der Waals surface area contributed by atoms with Crippen LogP contribution in [0, 0.1) is 0 Å². The average Bonchev–Trinajstić information content (AvgIpc) is 1.57. The Bertz CT molecular complexity index is 10500. The maximum Gasteiger partial charge on any atom is 0.164 e. The van der Waals surface area contributed by atoms with Crippen molar-refractivity contribution < 1.29 is 8.83 Å². The minimum Gasteiger partial charge on any atom is -0.456 e. The average molecular weight is 1760 g/mol. The molecule has 138 heavy (non-hydrogen) atoms. The zero-order valence-corrected chi connectivity index (χ0v) is 73.9. The molecular weight excluding hydrogens is 1690 g/mol. The van der Waals surface area contributed by atoms with E-state index in [9.17, 15) is 0 Å². The van der Waals surface area contributed by atoms with Crippen LogP contribution in [0.5, 0.6) is 0 Å². The molecule has 0 bridgehead atoms. The van der Waals surface area contributed by atoms with Crippen LogP contribution < -0.4 is 0 Å². The summed E-state index contributed by atoms with van der Waals surface area (Å²) in [6.45, 7) is 0. The van der Waals surface area contributed by atoms with Gasteiger partial charge in [-0.25, -0.2) is 29.9 Å². The van der Waals surface area contributed by atoms with Crippen molar-refractivity contribution >= 4 is 196 Å². The number of aromatic nitrogens is 10. The first-order chi connectivity index (χ1) is 68.3. The van der Waals surface area contributed by atoms with Crippen molar-refractivity contribution in [2.45, 2.75) is 0 Å². The van der Waals surface area contributed by atoms with Gasteiger partial charge in [0.15, 0.2) is 34.9 Å². The summed E-state index contributed by atoms with van der Waals surface area (Å²) < 4.78 is 23.2. The zero-order chi connectivity index (χ0) is 90.1. The second kappa shape index (κ2) is 29.4. The maximum absolute atomic E-state index is 6.84. The highest BCUT2D eigenvalue weighted by Gasteiger charge is 2.26. The van der Waals surface area contributed by atoms with Crippen LogP contribution in [-0.4, -0.2) is 48.2 Å². The highest BCUT2D eigenvalue weighted by molar-refractivity contribution is 6.23. The van der Waals surface area contributed by atoms with Crippen LogP contribution in [0.1, 0.15) is 0 Å². The van der Waals surface area contributed by atoms with Crippen LogP contribution in [0.15, 0.2) is 446 Å². The summed E-state index contributed by atoms with van der Waals surface area (Å²) in [6.07, 6.45) is 0. The van der Waals surface area contributed by atoms with Crippen LogP contribution in [0.2, 0.25) is 0 Å². The van der Waals surface area contributed by atoms with E-state index in [0.717, 1.165) is 236 Å². The topological polar surface area (TPSA) is 123 Å². The monoisotopic (exact) mass is 1760 g/mol. The van der Waals surface area contributed by atoms with Gasteiger partial charge in [0.05, 0.1) is 44.1 Å². The fourth-order valence-electron chi connectivity index (χ4n) is 22.2. The van der Waals surface area contributed by atoms with Crippen LogP contribution >= 0.6 is 0 Å². The minimum atomic E-state index is 0.552. The molecular formula is C126H72N10O2. The lowest BCUT2D eigenvalue weighted by Crippen LogP contribution is -2.00. The normalized spacial score (nSPS) is 12.2. The quantitative estimate of drug-likeness (QED) is 0.125. The molecule has 12 nitrogen and oxygen atoms in total. The Morgan fingerprint density at radius 3 is 0.913 bits per heavy atom. The third-order valence-electron chi connectivity index (χ3n) is 28.7. The van der Waals surface area contributed by atoms with Crippen LogP contribution in [0.25, 0.3) is 298 Å². The van der Waals surface area contributed by atoms with E-state index in [0.29, 0.717) is 34.9 Å². The lowest BCUT2D eigenvalue weighted by atomic mass is 9.98. The molecule has 8 aromatic heterocycles. The number of hydrogen-bond acceptors (Lipinski definition) is 8. The summed E-state index contributed by atoms with van der Waals surface area (Å²) in [4.78, 5) is 32.5. The summed E-state index contributed by atoms with van der Waals surface area (Å²) in [5, 5.41) is 26.8. The van der Waals surface area contributed by atoms with E-state index in [2.05, 4.69) is 455 Å². The molecule has 8 heterocycles. The van der Waals surface area contributed by atoms with Gasteiger partial charge >= 0.3 is 0 Å². The molecule has 0 aliphatic carbocycles. The summed E-state index contributed by atoms with van der Waals surface area (Å²) in [5.41, 5.74) is 23.7. The van der Waals surface area contributed by atoms with E-state index < -0.39 is 0 Å². The third kappa shape index (κ3) is 11.7. The van der Waals surface area contributed by atoms with Crippen molar-refractivity contribution in [3.63, 3.8) is 0 Å². The standard InChI is InChI=1S/C126H72N10O2/c1-3-25-91(26-4-1)133-107-32-16-13-29-95(107)102-63-86(45-54-110(102)133)123-127-121(84-39-35-73-19-7-9-21-77(73)59-84)128-124(131-123)87-48-55-115-105(64-87)120-101-72-94(51-42-76(101)47-58-118(120)137-115)136-109-34-18-15-31-97(109)104-66-90-61-81(37-38-83(90)69-114(104)136)82-43-52-98-99-53-44-89(70-112(99)134(111(98)68-82)92-27-5-2-6-28-92)126-130-122(85-40-36-74-20-8-10-22-78(74)60-85)129-125(132-126)88-49-56-116-106(65-88)119-100-71-93(50-41-75(100)46-57-117(119)138-116)135-108-33-17-14-30-96(108)103-62-79-23-11-12-24-80(79)67-113(103)135/h1-72H. The third-order valence-corrected chi connectivity index (χ3v) is 28.7. The predicted molar refractivity (Wildman–Crippen MR) is 568 cm³/mol. The Hall–Kier alpha value is -18.8. The first-order valence-corrected chi connectivity index (χ1v) is 46.7. The molecule has 0 saturated heterocycles. The second-order valence-electron chi connectivity index (χ2n) is 36.5. The molecule has 0 aliphatic heterocycles. The first kappa shape index (κ1) is 75.8. The molecule has 0 radical (unpaired) electrons. The SMILES string of the molecule is c1ccc(-n2c3ccccc3c3cc(-c4nc(-c5ccc6ccccc6c5)nc(-c5ccc6oc7ccc8ccc(-n9c%10ccccc%10c%10cc%11cc(-c%12ccc%13c%14ccc(-c%15nc(-c%16ccc%17ccccc%17c%16)nc(-c%16ccc%17oc%18ccc%19ccc(-n%20c%21ccccc%21c%21cc%22ccccc%22cc%21%20)cc%19c%18c%17c%16)n%15)cc%14n(-c%14ccccc%14)c%13c%12)ccc%11cc%109)cc8c7c6c5)n4)ccc32)cc1. The van der Waals surface area contributed by atoms with E-state index in [1.807, 2.05) is 0 Å². The zero-order valence-electron chi connectivity index (χ0n) is 73.9. The fraction of sp³-hybridized carbons (Fsp3) is 0. The molecule has 12 heteroatoms. The van der Waals surface area contributed by atoms with Crippen molar-refractivity contribution in [2.24, 2.45) is 0 Å². The molecule has 0 aliphatic rings. The van der Waals surface area contributed by atoms with Gasteiger partial charge in [-0.1, -0.05) is 249 Å². The fourth-order valence-corrected chi connectivity index (χ4v) is 22.2. The molecule has 0 spiro atoms. The van der Waals surface area contributed by atoms with E-state index in [1.165, 1.54) is 26.9 Å². The largest absolute Gasteiger partial charge is 0.456 e. The Morgan fingerprint density at radius 1 is 0.138 bits per heavy atom. The minimum absolute atomic E-state index is 0.552. The van der Waals surface area contributed by atoms with Crippen LogP contribution in [0.4, 0.5) is 0 Å². The predicted octanol–water partition coefficient (Wildman–Crippen LogP) is 32.8. The van der Waals surface area contributed by atoms with E-state index in [4.69, 9.17) is 38.7 Å². The lowest BCUT2D eigenvalue weighted by molar-refractivity contribution is 0.669. The molecule has 0 fully saturated rings. The van der Waals surface area contributed by atoms with Gasteiger partial charge in [0.25, 0.3) is 0 Å². The molecule has 0 saturated carbocycles. The Morgan fingerprint density at radius 2 is 0.420 bits per heavy atom. The summed E-state index contributed by atoms with van der Waals surface area (Å²) >= 11 is 0. The molecule has 30 aromatic rings. The Balaban J connectivity index is 0.520. The number of benzene rings is 22. The number of para-hydroxylation sites is 5.